The van der Waals surface area contributed by atoms with Crippen molar-refractivity contribution in [1.29, 1.82) is 0 Å². The fraction of sp³-hybridized carbons (Fsp3) is 0.238. The lowest BCUT2D eigenvalue weighted by atomic mass is 10.0. The summed E-state index contributed by atoms with van der Waals surface area (Å²) in [5.41, 5.74) is 2.40. The summed E-state index contributed by atoms with van der Waals surface area (Å²) in [6, 6.07) is 12.3. The fourth-order valence-corrected chi connectivity index (χ4v) is 3.00. The molecule has 0 aliphatic heterocycles. The number of aromatic nitrogens is 1. The van der Waals surface area contributed by atoms with Gasteiger partial charge in [0, 0.05) is 28.2 Å². The van der Waals surface area contributed by atoms with E-state index in [-0.39, 0.29) is 11.3 Å². The van der Waals surface area contributed by atoms with Crippen molar-refractivity contribution in [3.05, 3.63) is 59.3 Å². The van der Waals surface area contributed by atoms with E-state index in [0.29, 0.717) is 17.1 Å². The number of ketones is 1. The first-order valence-electron chi connectivity index (χ1n) is 8.50. The van der Waals surface area contributed by atoms with Gasteiger partial charge in [-0.15, -0.1) is 0 Å². The van der Waals surface area contributed by atoms with Gasteiger partial charge in [-0.1, -0.05) is 18.2 Å². The predicted octanol–water partition coefficient (Wildman–Crippen LogP) is 3.92. The largest absolute Gasteiger partial charge is 0.497 e. The van der Waals surface area contributed by atoms with Crippen LogP contribution in [0.2, 0.25) is 0 Å². The van der Waals surface area contributed by atoms with Crippen molar-refractivity contribution in [1.82, 2.24) is 4.98 Å². The van der Waals surface area contributed by atoms with Crippen molar-refractivity contribution in [2.75, 3.05) is 14.2 Å². The zero-order valence-electron chi connectivity index (χ0n) is 15.7. The Morgan fingerprint density at radius 1 is 1.00 bits per heavy atom. The van der Waals surface area contributed by atoms with Crippen molar-refractivity contribution >= 4 is 22.7 Å². The molecule has 3 aromatic rings. The van der Waals surface area contributed by atoms with Crippen LogP contribution in [-0.4, -0.2) is 37.1 Å². The average molecular weight is 367 g/mol. The summed E-state index contributed by atoms with van der Waals surface area (Å²) in [7, 11) is 2.99. The molecule has 0 aliphatic carbocycles. The summed E-state index contributed by atoms with van der Waals surface area (Å²) in [4.78, 5) is 28.6. The van der Waals surface area contributed by atoms with E-state index in [4.69, 9.17) is 14.2 Å². The molecule has 0 spiro atoms. The van der Waals surface area contributed by atoms with Crippen molar-refractivity contribution < 1.29 is 23.8 Å². The molecule has 0 radical (unpaired) electrons. The maximum atomic E-state index is 12.9. The van der Waals surface area contributed by atoms with E-state index < -0.39 is 12.1 Å². The van der Waals surface area contributed by atoms with Gasteiger partial charge in [0.05, 0.1) is 19.8 Å². The number of fused-ring (bicyclic) bond motifs is 1. The second-order valence-electron chi connectivity index (χ2n) is 6.18. The van der Waals surface area contributed by atoms with Gasteiger partial charge >= 0.3 is 5.97 Å². The molecule has 0 fully saturated rings. The first-order valence-corrected chi connectivity index (χ1v) is 8.50. The number of ether oxygens (including phenoxy) is 3. The van der Waals surface area contributed by atoms with Gasteiger partial charge in [-0.3, -0.25) is 4.79 Å². The number of hydrogen-bond donors (Lipinski definition) is 1. The molecule has 140 valence electrons. The third kappa shape index (κ3) is 3.65. The topological polar surface area (TPSA) is 77.6 Å². The van der Waals surface area contributed by atoms with Crippen LogP contribution in [0.4, 0.5) is 0 Å². The number of carbonyl (C=O) groups is 2. The minimum Gasteiger partial charge on any atom is -0.497 e. The van der Waals surface area contributed by atoms with Gasteiger partial charge in [0.2, 0.25) is 5.78 Å². The average Bonchev–Trinajstić information content (AvgIpc) is 3.02. The van der Waals surface area contributed by atoms with Crippen LogP contribution in [0, 0.1) is 6.92 Å². The maximum Gasteiger partial charge on any atom is 0.339 e. The van der Waals surface area contributed by atoms with Gasteiger partial charge < -0.3 is 19.2 Å². The molecule has 1 aromatic heterocycles. The highest BCUT2D eigenvalue weighted by atomic mass is 16.5. The van der Waals surface area contributed by atoms with Crippen LogP contribution < -0.4 is 9.47 Å². The first-order chi connectivity index (χ1) is 12.9. The summed E-state index contributed by atoms with van der Waals surface area (Å²) in [5.74, 6) is 0.0548. The molecular formula is C21H21NO5. The Morgan fingerprint density at radius 3 is 2.26 bits per heavy atom. The molecule has 0 unspecified atom stereocenters. The lowest BCUT2D eigenvalue weighted by Gasteiger charge is -2.14. The number of rotatable bonds is 6. The summed E-state index contributed by atoms with van der Waals surface area (Å²) >= 11 is 0. The van der Waals surface area contributed by atoms with E-state index in [1.807, 2.05) is 31.2 Å². The van der Waals surface area contributed by atoms with Gasteiger partial charge in [-0.2, -0.15) is 0 Å². The van der Waals surface area contributed by atoms with E-state index in [2.05, 4.69) is 4.98 Å². The number of H-pyrrole nitrogens is 1. The van der Waals surface area contributed by atoms with Crippen molar-refractivity contribution in [2.45, 2.75) is 20.0 Å². The lowest BCUT2D eigenvalue weighted by Crippen LogP contribution is -2.25. The van der Waals surface area contributed by atoms with Crippen molar-refractivity contribution in [3.63, 3.8) is 0 Å². The summed E-state index contributed by atoms with van der Waals surface area (Å²) < 4.78 is 15.7. The molecule has 3 rings (SSSR count). The molecule has 6 nitrogen and oxygen atoms in total. The number of hydrogen-bond acceptors (Lipinski definition) is 5. The monoisotopic (exact) mass is 367 g/mol. The highest BCUT2D eigenvalue weighted by Gasteiger charge is 2.25. The fourth-order valence-electron chi connectivity index (χ4n) is 3.00. The number of para-hydroxylation sites is 1. The highest BCUT2D eigenvalue weighted by molar-refractivity contribution is 6.11. The molecule has 1 N–H and O–H groups in total. The van der Waals surface area contributed by atoms with E-state index >= 15 is 0 Å². The Balaban J connectivity index is 1.84. The van der Waals surface area contributed by atoms with Crippen LogP contribution >= 0.6 is 0 Å². The highest BCUT2D eigenvalue weighted by Crippen LogP contribution is 2.26. The van der Waals surface area contributed by atoms with Gasteiger partial charge in [0.25, 0.3) is 0 Å². The number of methoxy groups -OCH3 is 2. The standard InChI is InChI=1S/C21H21NO5/c1-12-19(17-7-5-6-8-18(17)22-12)20(23)13(2)27-21(24)14-9-15(25-3)11-16(10-14)26-4/h5-11,13,22H,1-4H3/t13-/m1/s1. The number of benzene rings is 2. The number of nitrogens with one attached hydrogen (secondary N) is 1. The second kappa shape index (κ2) is 7.53. The minimum absolute atomic E-state index is 0.251. The van der Waals surface area contributed by atoms with E-state index in [1.54, 1.807) is 25.1 Å². The number of esters is 1. The Hall–Kier alpha value is -3.28. The molecule has 1 heterocycles. The SMILES string of the molecule is COc1cc(OC)cc(C(=O)O[C@H](C)C(=O)c2c(C)[nH]c3ccccc23)c1. The van der Waals surface area contributed by atoms with Crippen molar-refractivity contribution in [2.24, 2.45) is 0 Å². The zero-order chi connectivity index (χ0) is 19.6. The Bertz CT molecular complexity index is 983. The maximum absolute atomic E-state index is 12.9. The van der Waals surface area contributed by atoms with Crippen LogP contribution in [0.15, 0.2) is 42.5 Å². The lowest BCUT2D eigenvalue weighted by molar-refractivity contribution is 0.0318. The molecule has 2 aromatic carbocycles. The van der Waals surface area contributed by atoms with E-state index in [0.717, 1.165) is 16.6 Å². The van der Waals surface area contributed by atoms with Crippen LogP contribution in [0.25, 0.3) is 10.9 Å². The van der Waals surface area contributed by atoms with Gasteiger partial charge in [0.15, 0.2) is 6.10 Å². The molecular weight excluding hydrogens is 346 g/mol. The predicted molar refractivity (Wildman–Crippen MR) is 102 cm³/mol. The summed E-state index contributed by atoms with van der Waals surface area (Å²) in [5, 5.41) is 0.811. The number of aromatic amines is 1. The van der Waals surface area contributed by atoms with Crippen LogP contribution in [-0.2, 0) is 4.74 Å². The molecule has 0 bridgehead atoms. The van der Waals surface area contributed by atoms with Gasteiger partial charge in [-0.05, 0) is 32.0 Å². The zero-order valence-corrected chi connectivity index (χ0v) is 15.7. The number of Topliss-reactive ketones (excluding diaryl/α,β-unsaturated/α-hetero) is 1. The number of carbonyl (C=O) groups excluding carboxylic acids is 2. The smallest absolute Gasteiger partial charge is 0.339 e. The molecule has 0 saturated carbocycles. The summed E-state index contributed by atoms with van der Waals surface area (Å²) in [6.45, 7) is 3.40. The molecule has 27 heavy (non-hydrogen) atoms. The van der Waals surface area contributed by atoms with E-state index in [9.17, 15) is 9.59 Å². The Morgan fingerprint density at radius 2 is 1.63 bits per heavy atom. The summed E-state index contributed by atoms with van der Waals surface area (Å²) in [6.07, 6.45) is -0.937. The van der Waals surface area contributed by atoms with Gasteiger partial charge in [-0.25, -0.2) is 4.79 Å². The quantitative estimate of drug-likeness (QED) is 0.528. The van der Waals surface area contributed by atoms with Crippen molar-refractivity contribution in [3.8, 4) is 11.5 Å². The van der Waals surface area contributed by atoms with Crippen LogP contribution in [0.1, 0.15) is 33.3 Å². The van der Waals surface area contributed by atoms with Crippen LogP contribution in [0.3, 0.4) is 0 Å². The Kier molecular flexibility index (Phi) is 5.16. The first kappa shape index (κ1) is 18.5. The third-order valence-electron chi connectivity index (χ3n) is 4.38. The molecule has 0 saturated heterocycles. The van der Waals surface area contributed by atoms with Gasteiger partial charge in [0.1, 0.15) is 11.5 Å². The number of aryl methyl sites for hydroxylation is 1. The molecule has 0 amide bonds. The normalized spacial score (nSPS) is 11.9. The molecule has 0 aliphatic rings. The third-order valence-corrected chi connectivity index (χ3v) is 4.38. The minimum atomic E-state index is -0.937. The van der Waals surface area contributed by atoms with Crippen LogP contribution in [0.5, 0.6) is 11.5 Å². The Labute approximate surface area is 157 Å². The molecule has 1 atom stereocenters. The molecule has 6 heteroatoms. The second-order valence-corrected chi connectivity index (χ2v) is 6.18. The van der Waals surface area contributed by atoms with E-state index in [1.165, 1.54) is 14.2 Å².